The lowest BCUT2D eigenvalue weighted by Crippen LogP contribution is -1.97. The Kier molecular flexibility index (Phi) is 14.0. The van der Waals surface area contributed by atoms with E-state index in [1.54, 1.807) is 0 Å². The number of carboxylic acid groups (broad SMARTS) is 1. The Hall–Kier alpha value is -0.790. The summed E-state index contributed by atoms with van der Waals surface area (Å²) in [5.74, 6) is 0.133. The molecular formula is C18H34O2. The van der Waals surface area contributed by atoms with E-state index < -0.39 is 5.97 Å². The quantitative estimate of drug-likeness (QED) is 0.315. The molecule has 2 heteroatoms. The van der Waals surface area contributed by atoms with E-state index in [-0.39, 0.29) is 0 Å². The van der Waals surface area contributed by atoms with Crippen molar-refractivity contribution in [2.24, 2.45) is 5.92 Å². The van der Waals surface area contributed by atoms with Gasteiger partial charge in [0.15, 0.2) is 0 Å². The van der Waals surface area contributed by atoms with Crippen LogP contribution in [0.25, 0.3) is 0 Å². The minimum absolute atomic E-state index is 0.332. The maximum absolute atomic E-state index is 10.4. The monoisotopic (exact) mass is 282 g/mol. The molecule has 0 aliphatic carbocycles. The van der Waals surface area contributed by atoms with Crippen LogP contribution in [0, 0.1) is 5.92 Å². The average molecular weight is 282 g/mol. The van der Waals surface area contributed by atoms with E-state index in [0.717, 1.165) is 18.8 Å². The van der Waals surface area contributed by atoms with Gasteiger partial charge in [-0.05, 0) is 31.6 Å². The standard InChI is InChI=1S/C18H34O2/c1-3-4-5-6-7-8-9-11-14-17(2)15-12-10-13-16-18(19)20/h6-7,17H,3-5,8-16H2,1-2H3,(H,19,20)/b7-6-. The molecule has 0 fully saturated rings. The van der Waals surface area contributed by atoms with E-state index in [9.17, 15) is 4.79 Å². The number of allylic oxidation sites excluding steroid dienone is 2. The van der Waals surface area contributed by atoms with Crippen LogP contribution in [0.5, 0.6) is 0 Å². The summed E-state index contributed by atoms with van der Waals surface area (Å²) >= 11 is 0. The lowest BCUT2D eigenvalue weighted by atomic mass is 9.96. The average Bonchev–Trinajstić information content (AvgIpc) is 2.41. The number of carboxylic acids is 1. The van der Waals surface area contributed by atoms with Crippen LogP contribution in [-0.4, -0.2) is 11.1 Å². The molecule has 20 heavy (non-hydrogen) atoms. The summed E-state index contributed by atoms with van der Waals surface area (Å²) in [6.07, 6.45) is 18.4. The highest BCUT2D eigenvalue weighted by Gasteiger charge is 2.02. The fraction of sp³-hybridized carbons (Fsp3) is 0.833. The van der Waals surface area contributed by atoms with E-state index in [1.165, 1.54) is 57.8 Å². The van der Waals surface area contributed by atoms with Crippen molar-refractivity contribution < 1.29 is 9.90 Å². The Morgan fingerprint density at radius 1 is 0.950 bits per heavy atom. The molecule has 0 aromatic heterocycles. The van der Waals surface area contributed by atoms with Gasteiger partial charge in [-0.25, -0.2) is 0 Å². The maximum Gasteiger partial charge on any atom is 0.303 e. The molecule has 118 valence electrons. The topological polar surface area (TPSA) is 37.3 Å². The van der Waals surface area contributed by atoms with Crippen molar-refractivity contribution in [1.82, 2.24) is 0 Å². The Morgan fingerprint density at radius 3 is 2.15 bits per heavy atom. The minimum atomic E-state index is -0.662. The summed E-state index contributed by atoms with van der Waals surface area (Å²) in [5.41, 5.74) is 0. The molecule has 0 bridgehead atoms. The van der Waals surface area contributed by atoms with Crippen molar-refractivity contribution in [1.29, 1.82) is 0 Å². The molecule has 1 N–H and O–H groups in total. The molecule has 1 unspecified atom stereocenters. The maximum atomic E-state index is 10.4. The second kappa shape index (κ2) is 14.6. The van der Waals surface area contributed by atoms with E-state index in [4.69, 9.17) is 5.11 Å². The molecule has 0 aromatic rings. The molecule has 0 aromatic carbocycles. The van der Waals surface area contributed by atoms with E-state index >= 15 is 0 Å². The van der Waals surface area contributed by atoms with Gasteiger partial charge in [-0.2, -0.15) is 0 Å². The first-order valence-corrected chi connectivity index (χ1v) is 8.53. The Bertz CT molecular complexity index is 246. The lowest BCUT2D eigenvalue weighted by Gasteiger charge is -2.10. The molecule has 0 spiro atoms. The molecule has 0 aliphatic heterocycles. The molecule has 0 amide bonds. The Labute approximate surface area is 125 Å². The third kappa shape index (κ3) is 15.3. The molecule has 0 saturated carbocycles. The van der Waals surface area contributed by atoms with Crippen LogP contribution < -0.4 is 0 Å². The SMILES string of the molecule is CCCC/C=C\CCCCC(C)CCCCCC(=O)O. The van der Waals surface area contributed by atoms with Crippen molar-refractivity contribution in [2.75, 3.05) is 0 Å². The normalized spacial score (nSPS) is 12.9. The zero-order chi connectivity index (χ0) is 15.1. The van der Waals surface area contributed by atoms with Gasteiger partial charge in [0.2, 0.25) is 0 Å². The van der Waals surface area contributed by atoms with Crippen molar-refractivity contribution >= 4 is 5.97 Å². The highest BCUT2D eigenvalue weighted by Crippen LogP contribution is 2.17. The van der Waals surface area contributed by atoms with Gasteiger partial charge >= 0.3 is 5.97 Å². The summed E-state index contributed by atoms with van der Waals surface area (Å²) in [4.78, 5) is 10.4. The Morgan fingerprint density at radius 2 is 1.55 bits per heavy atom. The molecule has 1 atom stereocenters. The third-order valence-corrected chi connectivity index (χ3v) is 3.80. The van der Waals surface area contributed by atoms with E-state index in [2.05, 4.69) is 26.0 Å². The summed E-state index contributed by atoms with van der Waals surface area (Å²) < 4.78 is 0. The first kappa shape index (κ1) is 19.2. The molecule has 0 heterocycles. The van der Waals surface area contributed by atoms with Gasteiger partial charge in [-0.1, -0.05) is 70.9 Å². The van der Waals surface area contributed by atoms with E-state index in [0.29, 0.717) is 6.42 Å². The number of carbonyl (C=O) groups is 1. The van der Waals surface area contributed by atoms with Crippen molar-refractivity contribution in [3.63, 3.8) is 0 Å². The van der Waals surface area contributed by atoms with E-state index in [1.807, 2.05) is 0 Å². The van der Waals surface area contributed by atoms with Gasteiger partial charge in [-0.3, -0.25) is 4.79 Å². The van der Waals surface area contributed by atoms with Crippen molar-refractivity contribution in [3.8, 4) is 0 Å². The van der Waals surface area contributed by atoms with Gasteiger partial charge in [0.25, 0.3) is 0 Å². The second-order valence-electron chi connectivity index (χ2n) is 6.00. The third-order valence-electron chi connectivity index (χ3n) is 3.80. The van der Waals surface area contributed by atoms with Gasteiger partial charge in [0.1, 0.15) is 0 Å². The molecule has 0 aliphatic rings. The fourth-order valence-electron chi connectivity index (χ4n) is 2.40. The molecule has 2 nitrogen and oxygen atoms in total. The van der Waals surface area contributed by atoms with Crippen LogP contribution in [0.4, 0.5) is 0 Å². The van der Waals surface area contributed by atoms with Crippen LogP contribution in [-0.2, 0) is 4.79 Å². The number of hydrogen-bond acceptors (Lipinski definition) is 1. The molecule has 0 radical (unpaired) electrons. The number of aliphatic carboxylic acids is 1. The fourth-order valence-corrected chi connectivity index (χ4v) is 2.40. The van der Waals surface area contributed by atoms with Crippen LogP contribution in [0.2, 0.25) is 0 Å². The molecular weight excluding hydrogens is 248 g/mol. The summed E-state index contributed by atoms with van der Waals surface area (Å²) in [5, 5.41) is 8.55. The summed E-state index contributed by atoms with van der Waals surface area (Å²) in [6, 6.07) is 0. The summed E-state index contributed by atoms with van der Waals surface area (Å²) in [7, 11) is 0. The smallest absolute Gasteiger partial charge is 0.303 e. The number of unbranched alkanes of at least 4 members (excludes halogenated alkanes) is 6. The zero-order valence-corrected chi connectivity index (χ0v) is 13.6. The lowest BCUT2D eigenvalue weighted by molar-refractivity contribution is -0.137. The predicted molar refractivity (Wildman–Crippen MR) is 87.0 cm³/mol. The number of hydrogen-bond donors (Lipinski definition) is 1. The van der Waals surface area contributed by atoms with Crippen LogP contribution in [0.15, 0.2) is 12.2 Å². The van der Waals surface area contributed by atoms with Gasteiger partial charge in [0.05, 0.1) is 0 Å². The minimum Gasteiger partial charge on any atom is -0.481 e. The molecule has 0 rings (SSSR count). The van der Waals surface area contributed by atoms with Gasteiger partial charge in [-0.15, -0.1) is 0 Å². The Balaban J connectivity index is 3.25. The highest BCUT2D eigenvalue weighted by atomic mass is 16.4. The zero-order valence-electron chi connectivity index (χ0n) is 13.6. The largest absolute Gasteiger partial charge is 0.481 e. The second-order valence-corrected chi connectivity index (χ2v) is 6.00. The van der Waals surface area contributed by atoms with Gasteiger partial charge < -0.3 is 5.11 Å². The number of rotatable bonds is 14. The van der Waals surface area contributed by atoms with Crippen LogP contribution in [0.3, 0.4) is 0 Å². The van der Waals surface area contributed by atoms with Crippen molar-refractivity contribution in [2.45, 2.75) is 90.9 Å². The van der Waals surface area contributed by atoms with Crippen LogP contribution in [0.1, 0.15) is 90.9 Å². The highest BCUT2D eigenvalue weighted by molar-refractivity contribution is 5.66. The first-order chi connectivity index (χ1) is 9.66. The predicted octanol–water partition coefficient (Wildman–Crippen LogP) is 5.96. The molecule has 0 saturated heterocycles. The van der Waals surface area contributed by atoms with Gasteiger partial charge in [0, 0.05) is 6.42 Å². The first-order valence-electron chi connectivity index (χ1n) is 8.53. The van der Waals surface area contributed by atoms with Crippen LogP contribution >= 0.6 is 0 Å². The van der Waals surface area contributed by atoms with Crippen molar-refractivity contribution in [3.05, 3.63) is 12.2 Å². The summed E-state index contributed by atoms with van der Waals surface area (Å²) in [6.45, 7) is 4.56.